The van der Waals surface area contributed by atoms with Gasteiger partial charge in [-0.05, 0) is 24.3 Å². The van der Waals surface area contributed by atoms with Crippen LogP contribution in [0.15, 0.2) is 65.1 Å². The van der Waals surface area contributed by atoms with Crippen molar-refractivity contribution in [3.05, 3.63) is 71.8 Å². The summed E-state index contributed by atoms with van der Waals surface area (Å²) in [4.78, 5) is 4.83. The van der Waals surface area contributed by atoms with Crippen molar-refractivity contribution < 1.29 is 4.42 Å². The molecule has 0 aliphatic carbocycles. The van der Waals surface area contributed by atoms with Gasteiger partial charge in [-0.15, -0.1) is 0 Å². The zero-order chi connectivity index (χ0) is 26.9. The minimum Gasteiger partial charge on any atom is -0.456 e. The van der Waals surface area contributed by atoms with Crippen molar-refractivity contribution in [3.63, 3.8) is 0 Å². The molecule has 9 nitrogen and oxygen atoms in total. The Kier molecular flexibility index (Phi) is 9.39. The predicted molar refractivity (Wildman–Crippen MR) is 158 cm³/mol. The van der Waals surface area contributed by atoms with Crippen LogP contribution in [0.25, 0.3) is 22.6 Å². The van der Waals surface area contributed by atoms with Gasteiger partial charge >= 0.3 is 0 Å². The molecule has 3 heterocycles. The Morgan fingerprint density at radius 2 is 1.10 bits per heavy atom. The van der Waals surface area contributed by atoms with E-state index in [-0.39, 0.29) is 0 Å². The van der Waals surface area contributed by atoms with Gasteiger partial charge in [0.2, 0.25) is 0 Å². The number of amidine groups is 2. The lowest BCUT2D eigenvalue weighted by Gasteiger charge is -2.27. The summed E-state index contributed by atoms with van der Waals surface area (Å²) in [6, 6.07) is 19.8. The lowest BCUT2D eigenvalue weighted by molar-refractivity contribution is 0.245. The Morgan fingerprint density at radius 3 is 1.54 bits per heavy atom. The van der Waals surface area contributed by atoms with Crippen LogP contribution in [0.1, 0.15) is 11.1 Å². The second-order valence-electron chi connectivity index (χ2n) is 10.1. The third kappa shape index (κ3) is 7.54. The molecule has 0 amide bonds. The molecule has 5 rings (SSSR count). The van der Waals surface area contributed by atoms with E-state index in [1.807, 2.05) is 60.7 Å². The molecule has 0 spiro atoms. The molecule has 2 aliphatic rings. The number of furan rings is 1. The lowest BCUT2D eigenvalue weighted by atomic mass is 10.1. The lowest BCUT2D eigenvalue weighted by Crippen LogP contribution is -2.46. The van der Waals surface area contributed by atoms with E-state index in [0.29, 0.717) is 11.7 Å². The zero-order valence-electron chi connectivity index (χ0n) is 22.6. The van der Waals surface area contributed by atoms with Gasteiger partial charge in [-0.1, -0.05) is 36.4 Å². The van der Waals surface area contributed by atoms with Gasteiger partial charge in [-0.2, -0.15) is 0 Å². The number of hydrogen-bond donors (Lipinski definition) is 6. The summed E-state index contributed by atoms with van der Waals surface area (Å²) in [5, 5.41) is 30.3. The number of nitrogens with zero attached hydrogens (tertiary/aromatic N) is 2. The zero-order valence-corrected chi connectivity index (χ0v) is 22.6. The summed E-state index contributed by atoms with van der Waals surface area (Å²) >= 11 is 0. The van der Waals surface area contributed by atoms with Gasteiger partial charge in [0.25, 0.3) is 0 Å². The molecule has 0 unspecified atom stereocenters. The first-order valence-electron chi connectivity index (χ1n) is 14.0. The number of nitrogens with one attached hydrogen (secondary N) is 6. The highest BCUT2D eigenvalue weighted by atomic mass is 16.3. The molecule has 39 heavy (non-hydrogen) atoms. The molecule has 206 valence electrons. The van der Waals surface area contributed by atoms with Crippen LogP contribution in [-0.4, -0.2) is 100 Å². The second kappa shape index (κ2) is 13.5. The van der Waals surface area contributed by atoms with Gasteiger partial charge in [0.05, 0.1) is 0 Å². The summed E-state index contributed by atoms with van der Waals surface area (Å²) in [7, 11) is 0. The van der Waals surface area contributed by atoms with Gasteiger partial charge in [0.15, 0.2) is 0 Å². The molecule has 0 radical (unpaired) electrons. The van der Waals surface area contributed by atoms with Crippen molar-refractivity contribution in [2.24, 2.45) is 0 Å². The Labute approximate surface area is 231 Å². The Hall–Kier alpha value is -3.50. The molecule has 1 aromatic heterocycles. The summed E-state index contributed by atoms with van der Waals surface area (Å²) in [6.07, 6.45) is 0. The van der Waals surface area contributed by atoms with E-state index >= 15 is 0 Å². The third-order valence-corrected chi connectivity index (χ3v) is 7.36. The van der Waals surface area contributed by atoms with Crippen LogP contribution >= 0.6 is 0 Å². The first-order valence-corrected chi connectivity index (χ1v) is 14.0. The standard InChI is InChI=1S/C30H40N8O/c31-29(35-13-19-37-15-9-33-10-16-37)25-5-1-3-23(21-25)27-7-8-28(39-27)24-4-2-6-26(22-24)30(32)36-14-20-38-17-11-34-12-18-38/h1-8,21-22,33-34H,9-20H2,(H2,31,35)(H2,32,36). The molecule has 2 aliphatic heterocycles. The molecular weight excluding hydrogens is 488 g/mol. The van der Waals surface area contributed by atoms with Gasteiger partial charge in [-0.3, -0.25) is 20.6 Å². The highest BCUT2D eigenvalue weighted by molar-refractivity contribution is 5.98. The van der Waals surface area contributed by atoms with E-state index in [4.69, 9.17) is 15.2 Å². The Balaban J connectivity index is 1.17. The third-order valence-electron chi connectivity index (χ3n) is 7.36. The molecule has 0 atom stereocenters. The first-order chi connectivity index (χ1) is 19.2. The van der Waals surface area contributed by atoms with Crippen molar-refractivity contribution in [2.45, 2.75) is 0 Å². The van der Waals surface area contributed by atoms with Crippen LogP contribution in [0, 0.1) is 10.8 Å². The number of rotatable bonds is 10. The van der Waals surface area contributed by atoms with E-state index in [2.05, 4.69) is 31.1 Å². The normalized spacial score (nSPS) is 16.6. The van der Waals surface area contributed by atoms with Crippen LogP contribution in [0.4, 0.5) is 0 Å². The van der Waals surface area contributed by atoms with E-state index in [9.17, 15) is 0 Å². The van der Waals surface area contributed by atoms with Crippen LogP contribution in [0.2, 0.25) is 0 Å². The minimum absolute atomic E-state index is 0.425. The maximum absolute atomic E-state index is 8.51. The van der Waals surface area contributed by atoms with Gasteiger partial charge < -0.3 is 25.7 Å². The fourth-order valence-corrected chi connectivity index (χ4v) is 5.06. The highest BCUT2D eigenvalue weighted by Gasteiger charge is 2.13. The summed E-state index contributed by atoms with van der Waals surface area (Å²) in [6.45, 7) is 11.7. The molecule has 2 aromatic carbocycles. The van der Waals surface area contributed by atoms with Crippen molar-refractivity contribution in [2.75, 3.05) is 78.5 Å². The quantitative estimate of drug-likeness (QED) is 0.177. The molecule has 9 heteroatoms. The van der Waals surface area contributed by atoms with Crippen LogP contribution in [0.5, 0.6) is 0 Å². The van der Waals surface area contributed by atoms with Crippen molar-refractivity contribution in [1.29, 1.82) is 10.8 Å². The maximum Gasteiger partial charge on any atom is 0.134 e. The summed E-state index contributed by atoms with van der Waals surface area (Å²) in [5.41, 5.74) is 3.55. The number of hydrogen-bond acceptors (Lipinski definition) is 7. The first kappa shape index (κ1) is 27.1. The monoisotopic (exact) mass is 528 g/mol. The molecule has 6 N–H and O–H groups in total. The van der Waals surface area contributed by atoms with Gasteiger partial charge in [-0.25, -0.2) is 0 Å². The smallest absolute Gasteiger partial charge is 0.134 e. The topological polar surface area (TPSA) is 115 Å². The van der Waals surface area contributed by atoms with E-state index in [1.54, 1.807) is 0 Å². The molecule has 2 fully saturated rings. The highest BCUT2D eigenvalue weighted by Crippen LogP contribution is 2.29. The maximum atomic E-state index is 8.51. The molecule has 0 saturated carbocycles. The van der Waals surface area contributed by atoms with E-state index in [0.717, 1.165) is 112 Å². The Morgan fingerprint density at radius 1 is 0.667 bits per heavy atom. The van der Waals surface area contributed by atoms with Gasteiger partial charge in [0.1, 0.15) is 23.2 Å². The van der Waals surface area contributed by atoms with Crippen molar-refractivity contribution in [3.8, 4) is 22.6 Å². The van der Waals surface area contributed by atoms with E-state index < -0.39 is 0 Å². The average molecular weight is 529 g/mol. The SMILES string of the molecule is N=C(NCCN1CCNCC1)c1cccc(-c2ccc(-c3cccc(C(=N)NCCN4CCNCC4)c3)o2)c1. The molecule has 3 aromatic rings. The largest absolute Gasteiger partial charge is 0.456 e. The molecular formula is C30H40N8O. The van der Waals surface area contributed by atoms with Crippen LogP contribution in [-0.2, 0) is 0 Å². The van der Waals surface area contributed by atoms with Gasteiger partial charge in [0, 0.05) is 101 Å². The molecule has 2 saturated heterocycles. The minimum atomic E-state index is 0.425. The second-order valence-corrected chi connectivity index (χ2v) is 10.1. The summed E-state index contributed by atoms with van der Waals surface area (Å²) in [5.74, 6) is 2.37. The number of piperazine rings is 2. The predicted octanol–water partition coefficient (Wildman–Crippen LogP) is 2.25. The van der Waals surface area contributed by atoms with Crippen molar-refractivity contribution in [1.82, 2.24) is 31.1 Å². The molecule has 0 bridgehead atoms. The fraction of sp³-hybridized carbons (Fsp3) is 0.400. The van der Waals surface area contributed by atoms with Crippen LogP contribution < -0.4 is 21.3 Å². The average Bonchev–Trinajstić information content (AvgIpc) is 3.49. The van der Waals surface area contributed by atoms with Crippen LogP contribution in [0.3, 0.4) is 0 Å². The fourth-order valence-electron chi connectivity index (χ4n) is 5.06. The Bertz CT molecular complexity index is 1150. The summed E-state index contributed by atoms with van der Waals surface area (Å²) < 4.78 is 6.24. The van der Waals surface area contributed by atoms with Crippen molar-refractivity contribution >= 4 is 11.7 Å². The number of benzene rings is 2. The van der Waals surface area contributed by atoms with E-state index in [1.165, 1.54) is 0 Å².